The Labute approximate surface area is 99.5 Å². The normalized spacial score (nSPS) is 9.88. The molecule has 0 bridgehead atoms. The summed E-state index contributed by atoms with van der Waals surface area (Å²) in [4.78, 5) is 3.88. The number of nitriles is 2. The molecule has 1 aromatic rings. The minimum absolute atomic E-state index is 0.0182. The van der Waals surface area contributed by atoms with E-state index in [2.05, 4.69) is 20.9 Å². The third-order valence-electron chi connectivity index (χ3n) is 1.95. The van der Waals surface area contributed by atoms with Crippen LogP contribution in [0.2, 0.25) is 0 Å². The van der Waals surface area contributed by atoms with Crippen LogP contribution in [0, 0.1) is 22.7 Å². The smallest absolute Gasteiger partial charge is 0.241 e. The zero-order chi connectivity index (χ0) is 12.1. The molecule has 0 aliphatic carbocycles. The summed E-state index contributed by atoms with van der Waals surface area (Å²) in [5.41, 5.74) is -0.0189. The van der Waals surface area contributed by atoms with Crippen molar-refractivity contribution in [2.45, 2.75) is 18.2 Å². The SMILES string of the molecule is N#CCc1c(C(F)F)cc(CBr)nc1C#N. The van der Waals surface area contributed by atoms with Crippen molar-refractivity contribution in [3.05, 3.63) is 28.6 Å². The van der Waals surface area contributed by atoms with E-state index in [-0.39, 0.29) is 28.6 Å². The van der Waals surface area contributed by atoms with Gasteiger partial charge in [-0.1, -0.05) is 15.9 Å². The first kappa shape index (κ1) is 12.5. The van der Waals surface area contributed by atoms with Crippen LogP contribution in [0.5, 0.6) is 0 Å². The van der Waals surface area contributed by atoms with Gasteiger partial charge in [0.05, 0.1) is 18.2 Å². The number of aromatic nitrogens is 1. The summed E-state index contributed by atoms with van der Waals surface area (Å²) in [5, 5.41) is 17.6. The van der Waals surface area contributed by atoms with E-state index >= 15 is 0 Å². The number of nitrogens with zero attached hydrogens (tertiary/aromatic N) is 3. The zero-order valence-corrected chi connectivity index (χ0v) is 9.63. The second-order valence-electron chi connectivity index (χ2n) is 2.91. The van der Waals surface area contributed by atoms with E-state index in [4.69, 9.17) is 10.5 Å². The van der Waals surface area contributed by atoms with Crippen LogP contribution in [0.3, 0.4) is 0 Å². The van der Waals surface area contributed by atoms with Crippen molar-refractivity contribution in [1.82, 2.24) is 4.98 Å². The van der Waals surface area contributed by atoms with Gasteiger partial charge in [-0.25, -0.2) is 13.8 Å². The molecule has 82 valence electrons. The first-order valence-corrected chi connectivity index (χ1v) is 5.40. The van der Waals surface area contributed by atoms with Gasteiger partial charge in [-0.15, -0.1) is 0 Å². The van der Waals surface area contributed by atoms with E-state index in [1.54, 1.807) is 12.1 Å². The van der Waals surface area contributed by atoms with E-state index in [1.165, 1.54) is 6.07 Å². The fourth-order valence-electron chi connectivity index (χ4n) is 1.27. The zero-order valence-electron chi connectivity index (χ0n) is 8.04. The van der Waals surface area contributed by atoms with E-state index in [0.717, 1.165) is 0 Å². The van der Waals surface area contributed by atoms with Crippen LogP contribution in [-0.4, -0.2) is 4.98 Å². The largest absolute Gasteiger partial charge is 0.264 e. The second kappa shape index (κ2) is 5.53. The third-order valence-corrected chi connectivity index (χ3v) is 2.52. The predicted molar refractivity (Wildman–Crippen MR) is 55.9 cm³/mol. The van der Waals surface area contributed by atoms with Crippen LogP contribution in [0.1, 0.15) is 28.9 Å². The van der Waals surface area contributed by atoms with Gasteiger partial charge in [0.25, 0.3) is 6.43 Å². The maximum atomic E-state index is 12.7. The summed E-state index contributed by atoms with van der Waals surface area (Å²) in [5.74, 6) is 0. The van der Waals surface area contributed by atoms with E-state index in [1.807, 2.05) is 0 Å². The first-order chi connectivity index (χ1) is 7.63. The Balaban J connectivity index is 3.43. The van der Waals surface area contributed by atoms with Crippen molar-refractivity contribution in [3.8, 4) is 12.1 Å². The van der Waals surface area contributed by atoms with Gasteiger partial charge in [0, 0.05) is 16.5 Å². The van der Waals surface area contributed by atoms with Gasteiger partial charge in [0.1, 0.15) is 11.8 Å². The number of halogens is 3. The lowest BCUT2D eigenvalue weighted by atomic mass is 10.0. The molecule has 1 heterocycles. The fraction of sp³-hybridized carbons (Fsp3) is 0.300. The number of hydrogen-bond acceptors (Lipinski definition) is 3. The molecule has 0 radical (unpaired) electrons. The predicted octanol–water partition coefficient (Wildman–Crippen LogP) is 2.85. The van der Waals surface area contributed by atoms with Crippen molar-refractivity contribution < 1.29 is 8.78 Å². The lowest BCUT2D eigenvalue weighted by Crippen LogP contribution is -2.03. The molecule has 0 atom stereocenters. The highest BCUT2D eigenvalue weighted by molar-refractivity contribution is 9.08. The summed E-state index contributed by atoms with van der Waals surface area (Å²) in [7, 11) is 0. The average Bonchev–Trinajstić information content (AvgIpc) is 2.29. The summed E-state index contributed by atoms with van der Waals surface area (Å²) in [6.45, 7) is 0. The minimum atomic E-state index is -2.71. The minimum Gasteiger partial charge on any atom is -0.241 e. The van der Waals surface area contributed by atoms with Crippen LogP contribution in [0.25, 0.3) is 0 Å². The van der Waals surface area contributed by atoms with E-state index in [9.17, 15) is 8.78 Å². The fourth-order valence-corrected chi connectivity index (χ4v) is 1.55. The standard InChI is InChI=1S/C10H6BrF2N3/c11-4-6-3-8(10(12)13)7(1-2-14)9(5-15)16-6/h3,10H,1,4H2. The van der Waals surface area contributed by atoms with Crippen LogP contribution in [-0.2, 0) is 11.8 Å². The molecule has 0 N–H and O–H groups in total. The molecule has 0 fully saturated rings. The lowest BCUT2D eigenvalue weighted by molar-refractivity contribution is 0.150. The molecule has 1 aromatic heterocycles. The molecule has 1 rings (SSSR count). The molecule has 0 aromatic carbocycles. The van der Waals surface area contributed by atoms with Gasteiger partial charge in [-0.2, -0.15) is 10.5 Å². The van der Waals surface area contributed by atoms with Crippen molar-refractivity contribution in [3.63, 3.8) is 0 Å². The first-order valence-electron chi connectivity index (χ1n) is 4.27. The van der Waals surface area contributed by atoms with Gasteiger partial charge >= 0.3 is 0 Å². The van der Waals surface area contributed by atoms with Gasteiger partial charge in [0.2, 0.25) is 0 Å². The summed E-state index contributed by atoms with van der Waals surface area (Å²) < 4.78 is 25.4. The molecule has 0 spiro atoms. The molecule has 16 heavy (non-hydrogen) atoms. The summed E-state index contributed by atoms with van der Waals surface area (Å²) >= 11 is 3.09. The second-order valence-corrected chi connectivity index (χ2v) is 3.47. The lowest BCUT2D eigenvalue weighted by Gasteiger charge is -2.09. The molecule has 0 unspecified atom stereocenters. The molecule has 3 nitrogen and oxygen atoms in total. The number of hydrogen-bond donors (Lipinski definition) is 0. The highest BCUT2D eigenvalue weighted by Gasteiger charge is 2.18. The Morgan fingerprint density at radius 1 is 1.44 bits per heavy atom. The highest BCUT2D eigenvalue weighted by atomic mass is 79.9. The van der Waals surface area contributed by atoms with Crippen LogP contribution in [0.4, 0.5) is 8.78 Å². The Morgan fingerprint density at radius 3 is 2.56 bits per heavy atom. The molecule has 0 amide bonds. The molecule has 0 saturated carbocycles. The van der Waals surface area contributed by atoms with Gasteiger partial charge in [-0.05, 0) is 6.07 Å². The van der Waals surface area contributed by atoms with Crippen molar-refractivity contribution in [2.24, 2.45) is 0 Å². The van der Waals surface area contributed by atoms with Crippen molar-refractivity contribution in [1.29, 1.82) is 10.5 Å². The molecule has 6 heteroatoms. The Morgan fingerprint density at radius 2 is 2.12 bits per heavy atom. The molecule has 0 aliphatic rings. The van der Waals surface area contributed by atoms with Crippen molar-refractivity contribution >= 4 is 15.9 Å². The van der Waals surface area contributed by atoms with Gasteiger partial charge in [-0.3, -0.25) is 0 Å². The number of pyridine rings is 1. The highest BCUT2D eigenvalue weighted by Crippen LogP contribution is 2.26. The van der Waals surface area contributed by atoms with Gasteiger partial charge < -0.3 is 0 Å². The maximum Gasteiger partial charge on any atom is 0.264 e. The Kier molecular flexibility index (Phi) is 4.33. The average molecular weight is 286 g/mol. The topological polar surface area (TPSA) is 60.5 Å². The Bertz CT molecular complexity index is 474. The summed E-state index contributed by atoms with van der Waals surface area (Å²) in [6.07, 6.45) is -2.95. The quantitative estimate of drug-likeness (QED) is 0.803. The monoisotopic (exact) mass is 285 g/mol. The molecular formula is C10H6BrF2N3. The van der Waals surface area contributed by atoms with Crippen LogP contribution < -0.4 is 0 Å². The Hall–Kier alpha value is -1.53. The number of rotatable bonds is 3. The molecule has 0 aliphatic heterocycles. The molecular weight excluding hydrogens is 280 g/mol. The summed E-state index contributed by atoms with van der Waals surface area (Å²) in [6, 6.07) is 4.70. The van der Waals surface area contributed by atoms with E-state index in [0.29, 0.717) is 5.69 Å². The maximum absolute atomic E-state index is 12.7. The van der Waals surface area contributed by atoms with Crippen LogP contribution in [0.15, 0.2) is 6.07 Å². The third kappa shape index (κ3) is 2.53. The number of alkyl halides is 3. The van der Waals surface area contributed by atoms with Crippen LogP contribution >= 0.6 is 15.9 Å². The molecule has 0 saturated heterocycles. The van der Waals surface area contributed by atoms with Gasteiger partial charge in [0.15, 0.2) is 0 Å². The van der Waals surface area contributed by atoms with E-state index < -0.39 is 6.43 Å². The van der Waals surface area contributed by atoms with Crippen molar-refractivity contribution in [2.75, 3.05) is 0 Å².